The van der Waals surface area contributed by atoms with Gasteiger partial charge in [-0.3, -0.25) is 20.3 Å². The molecule has 0 aliphatic rings. The third-order valence-electron chi connectivity index (χ3n) is 5.15. The lowest BCUT2D eigenvalue weighted by Crippen LogP contribution is -2.14. The van der Waals surface area contributed by atoms with Crippen LogP contribution in [0.5, 0.6) is 5.75 Å². The van der Waals surface area contributed by atoms with Crippen molar-refractivity contribution < 1.29 is 18.1 Å². The van der Waals surface area contributed by atoms with Gasteiger partial charge in [0, 0.05) is 28.2 Å². The number of aromatic nitrogens is 1. The number of hydrogen-bond donors (Lipinski definition) is 3. The molecule has 1 aromatic heterocycles. The summed E-state index contributed by atoms with van der Waals surface area (Å²) >= 11 is 0. The SMILES string of the molecule is COc1ccccc1NS(=O)(=O)c1ccc(NN=Cc2c(C)[nH]c3ccccc23)c([N+](=O)[O-])c1. The van der Waals surface area contributed by atoms with E-state index in [1.807, 2.05) is 31.2 Å². The lowest BCUT2D eigenvalue weighted by molar-refractivity contribution is -0.384. The monoisotopic (exact) mass is 479 g/mol. The van der Waals surface area contributed by atoms with Crippen LogP contribution in [0.1, 0.15) is 11.3 Å². The fraction of sp³-hybridized carbons (Fsp3) is 0.0870. The van der Waals surface area contributed by atoms with E-state index in [2.05, 4.69) is 20.2 Å². The van der Waals surface area contributed by atoms with Crippen LogP contribution in [0.15, 0.2) is 76.7 Å². The van der Waals surface area contributed by atoms with Crippen LogP contribution in [-0.2, 0) is 10.0 Å². The molecule has 3 N–H and O–H groups in total. The molecule has 0 spiro atoms. The first kappa shape index (κ1) is 22.8. The largest absolute Gasteiger partial charge is 0.495 e. The summed E-state index contributed by atoms with van der Waals surface area (Å²) in [5.41, 5.74) is 5.16. The Balaban J connectivity index is 1.61. The summed E-state index contributed by atoms with van der Waals surface area (Å²) in [5, 5.41) is 16.8. The highest BCUT2D eigenvalue weighted by Gasteiger charge is 2.22. The molecule has 34 heavy (non-hydrogen) atoms. The van der Waals surface area contributed by atoms with Crippen LogP contribution in [0, 0.1) is 17.0 Å². The second kappa shape index (κ2) is 9.24. The molecule has 4 rings (SSSR count). The number of nitro groups is 1. The highest BCUT2D eigenvalue weighted by molar-refractivity contribution is 7.92. The van der Waals surface area contributed by atoms with Gasteiger partial charge in [-0.25, -0.2) is 8.42 Å². The maximum absolute atomic E-state index is 12.8. The number of hydrazone groups is 1. The zero-order chi connectivity index (χ0) is 24.3. The molecule has 3 aromatic carbocycles. The Labute approximate surface area is 195 Å². The number of anilines is 2. The number of para-hydroxylation sites is 3. The Morgan fingerprint density at radius 2 is 1.79 bits per heavy atom. The van der Waals surface area contributed by atoms with Gasteiger partial charge in [-0.2, -0.15) is 5.10 Å². The molecule has 174 valence electrons. The van der Waals surface area contributed by atoms with Gasteiger partial charge in [-0.15, -0.1) is 0 Å². The topological polar surface area (TPSA) is 139 Å². The summed E-state index contributed by atoms with van der Waals surface area (Å²) in [6, 6.07) is 17.7. The van der Waals surface area contributed by atoms with E-state index in [4.69, 9.17) is 4.74 Å². The van der Waals surface area contributed by atoms with Crippen molar-refractivity contribution in [1.82, 2.24) is 4.98 Å². The third-order valence-corrected chi connectivity index (χ3v) is 6.51. The average Bonchev–Trinajstić information content (AvgIpc) is 3.14. The number of H-pyrrole nitrogens is 1. The van der Waals surface area contributed by atoms with E-state index in [1.165, 1.54) is 25.3 Å². The highest BCUT2D eigenvalue weighted by Crippen LogP contribution is 2.31. The molecule has 0 aliphatic heterocycles. The number of methoxy groups -OCH3 is 1. The average molecular weight is 480 g/mol. The number of fused-ring (bicyclic) bond motifs is 1. The molecule has 0 aliphatic carbocycles. The van der Waals surface area contributed by atoms with Crippen molar-refractivity contribution in [1.29, 1.82) is 0 Å². The predicted octanol–water partition coefficient (Wildman–Crippen LogP) is 4.64. The van der Waals surface area contributed by atoms with E-state index >= 15 is 0 Å². The lowest BCUT2D eigenvalue weighted by Gasteiger charge is -2.12. The molecule has 4 aromatic rings. The predicted molar refractivity (Wildman–Crippen MR) is 131 cm³/mol. The molecule has 0 saturated heterocycles. The number of aryl methyl sites for hydroxylation is 1. The molecule has 0 amide bonds. The van der Waals surface area contributed by atoms with Crippen molar-refractivity contribution in [3.05, 3.63) is 88.1 Å². The van der Waals surface area contributed by atoms with Gasteiger partial charge in [0.1, 0.15) is 11.4 Å². The summed E-state index contributed by atoms with van der Waals surface area (Å²) in [4.78, 5) is 14.0. The molecule has 10 nitrogen and oxygen atoms in total. The molecular weight excluding hydrogens is 458 g/mol. The Hall–Kier alpha value is -4.38. The van der Waals surface area contributed by atoms with Crippen LogP contribution in [0.2, 0.25) is 0 Å². The highest BCUT2D eigenvalue weighted by atomic mass is 32.2. The van der Waals surface area contributed by atoms with Gasteiger partial charge in [-0.05, 0) is 37.3 Å². The Bertz CT molecular complexity index is 1510. The number of hydrogen-bond acceptors (Lipinski definition) is 7. The normalized spacial score (nSPS) is 11.6. The fourth-order valence-corrected chi connectivity index (χ4v) is 4.58. The van der Waals surface area contributed by atoms with Gasteiger partial charge in [-0.1, -0.05) is 30.3 Å². The quantitative estimate of drug-likeness (QED) is 0.191. The Morgan fingerprint density at radius 3 is 2.56 bits per heavy atom. The molecule has 0 unspecified atom stereocenters. The first-order valence-corrected chi connectivity index (χ1v) is 11.6. The minimum Gasteiger partial charge on any atom is -0.495 e. The van der Waals surface area contributed by atoms with Crippen LogP contribution in [0.25, 0.3) is 10.9 Å². The van der Waals surface area contributed by atoms with Crippen molar-refractivity contribution >= 4 is 44.2 Å². The Morgan fingerprint density at radius 1 is 1.06 bits per heavy atom. The number of rotatable bonds is 8. The van der Waals surface area contributed by atoms with E-state index in [0.717, 1.165) is 28.2 Å². The maximum Gasteiger partial charge on any atom is 0.295 e. The summed E-state index contributed by atoms with van der Waals surface area (Å²) < 4.78 is 33.2. The third kappa shape index (κ3) is 4.55. The van der Waals surface area contributed by atoms with Crippen LogP contribution < -0.4 is 14.9 Å². The summed E-state index contributed by atoms with van der Waals surface area (Å²) in [6.45, 7) is 1.90. The van der Waals surface area contributed by atoms with Crippen LogP contribution in [0.4, 0.5) is 17.1 Å². The van der Waals surface area contributed by atoms with Crippen molar-refractivity contribution in [2.75, 3.05) is 17.3 Å². The van der Waals surface area contributed by atoms with E-state index in [0.29, 0.717) is 5.75 Å². The Kier molecular flexibility index (Phi) is 6.19. The van der Waals surface area contributed by atoms with Crippen LogP contribution >= 0.6 is 0 Å². The fourth-order valence-electron chi connectivity index (χ4n) is 3.49. The van der Waals surface area contributed by atoms with Crippen LogP contribution in [-0.4, -0.2) is 31.6 Å². The minimum atomic E-state index is -4.11. The molecule has 0 fully saturated rings. The maximum atomic E-state index is 12.8. The van der Waals surface area contributed by atoms with Gasteiger partial charge in [0.05, 0.1) is 28.8 Å². The standard InChI is InChI=1S/C23H21N5O5S/c1-15-18(17-7-3-4-8-19(17)25-15)14-24-26-20-12-11-16(13-22(20)28(29)30)34(31,32)27-21-9-5-6-10-23(21)33-2/h3-14,25-27H,1-2H3. The van der Waals surface area contributed by atoms with Gasteiger partial charge in [0.2, 0.25) is 0 Å². The first-order chi connectivity index (χ1) is 16.3. The summed E-state index contributed by atoms with van der Waals surface area (Å²) in [7, 11) is -2.70. The first-order valence-electron chi connectivity index (χ1n) is 10.1. The molecular formula is C23H21N5O5S. The molecule has 0 saturated carbocycles. The van der Waals surface area contributed by atoms with Gasteiger partial charge < -0.3 is 9.72 Å². The molecule has 0 bridgehead atoms. The lowest BCUT2D eigenvalue weighted by atomic mass is 10.1. The summed E-state index contributed by atoms with van der Waals surface area (Å²) in [6.07, 6.45) is 1.56. The smallest absolute Gasteiger partial charge is 0.295 e. The second-order valence-electron chi connectivity index (χ2n) is 7.32. The zero-order valence-electron chi connectivity index (χ0n) is 18.3. The van der Waals surface area contributed by atoms with E-state index in [9.17, 15) is 18.5 Å². The minimum absolute atomic E-state index is 0.0509. The van der Waals surface area contributed by atoms with E-state index in [1.54, 1.807) is 24.4 Å². The molecule has 11 heteroatoms. The molecule has 0 atom stereocenters. The van der Waals surface area contributed by atoms with Crippen molar-refractivity contribution in [3.8, 4) is 5.75 Å². The number of nitrogens with one attached hydrogen (secondary N) is 3. The van der Waals surface area contributed by atoms with Gasteiger partial charge in [0.15, 0.2) is 0 Å². The zero-order valence-corrected chi connectivity index (χ0v) is 19.1. The number of ether oxygens (including phenoxy) is 1. The second-order valence-corrected chi connectivity index (χ2v) is 9.00. The van der Waals surface area contributed by atoms with Crippen molar-refractivity contribution in [2.45, 2.75) is 11.8 Å². The van der Waals surface area contributed by atoms with Crippen molar-refractivity contribution in [2.24, 2.45) is 5.10 Å². The number of aromatic amines is 1. The van der Waals surface area contributed by atoms with Gasteiger partial charge >= 0.3 is 0 Å². The number of nitrogens with zero attached hydrogens (tertiary/aromatic N) is 2. The number of nitro benzene ring substituents is 1. The van der Waals surface area contributed by atoms with Gasteiger partial charge in [0.25, 0.3) is 15.7 Å². The van der Waals surface area contributed by atoms with E-state index in [-0.39, 0.29) is 16.3 Å². The molecule has 1 heterocycles. The summed E-state index contributed by atoms with van der Waals surface area (Å²) in [5.74, 6) is 0.320. The van der Waals surface area contributed by atoms with E-state index < -0.39 is 20.6 Å². The van der Waals surface area contributed by atoms with Crippen LogP contribution in [0.3, 0.4) is 0 Å². The van der Waals surface area contributed by atoms with Crippen molar-refractivity contribution in [3.63, 3.8) is 0 Å². The molecule has 0 radical (unpaired) electrons. The number of benzene rings is 3. The number of sulfonamides is 1.